The van der Waals surface area contributed by atoms with Gasteiger partial charge in [-0.15, -0.1) is 0 Å². The van der Waals surface area contributed by atoms with E-state index >= 15 is 0 Å². The predicted octanol–water partition coefficient (Wildman–Crippen LogP) is 1.20. The van der Waals surface area contributed by atoms with Crippen LogP contribution in [0.4, 0.5) is 4.39 Å². The molecule has 2 atom stereocenters. The highest BCUT2D eigenvalue weighted by atomic mass is 19.1. The highest BCUT2D eigenvalue weighted by molar-refractivity contribution is 5.94. The minimum absolute atomic E-state index is 0.0241. The number of piperidine rings is 1. The number of nitrogens with two attached hydrogens (primary N) is 1. The number of amides is 2. The van der Waals surface area contributed by atoms with E-state index < -0.39 is 17.8 Å². The van der Waals surface area contributed by atoms with Gasteiger partial charge >= 0.3 is 0 Å². The number of hydrogen-bond donors (Lipinski definition) is 2. The number of primary amides is 1. The molecule has 7 heteroatoms. The second kappa shape index (κ2) is 7.49. The molecule has 0 aliphatic carbocycles. The molecular formula is C18H23FN2O4. The Morgan fingerprint density at radius 1 is 1.24 bits per heavy atom. The number of rotatable bonds is 4. The molecule has 2 aliphatic heterocycles. The average molecular weight is 350 g/mol. The van der Waals surface area contributed by atoms with Crippen molar-refractivity contribution in [1.29, 1.82) is 0 Å². The Bertz CT molecular complexity index is 658. The molecule has 2 fully saturated rings. The Morgan fingerprint density at radius 2 is 1.96 bits per heavy atom. The zero-order chi connectivity index (χ0) is 18.0. The van der Waals surface area contributed by atoms with Gasteiger partial charge < -0.3 is 20.5 Å². The molecule has 1 aromatic carbocycles. The summed E-state index contributed by atoms with van der Waals surface area (Å²) in [6.07, 6.45) is 2.60. The van der Waals surface area contributed by atoms with E-state index in [1.165, 1.54) is 12.1 Å². The lowest BCUT2D eigenvalue weighted by Crippen LogP contribution is -2.41. The Labute approximate surface area is 145 Å². The second-order valence-electron chi connectivity index (χ2n) is 6.74. The van der Waals surface area contributed by atoms with Crippen LogP contribution in [0.5, 0.6) is 0 Å². The molecule has 0 unspecified atom stereocenters. The quantitative estimate of drug-likeness (QED) is 0.853. The van der Waals surface area contributed by atoms with Crippen LogP contribution in [-0.4, -0.2) is 47.1 Å². The van der Waals surface area contributed by atoms with Crippen LogP contribution in [0.3, 0.4) is 0 Å². The maximum atomic E-state index is 13.8. The van der Waals surface area contributed by atoms with E-state index in [1.54, 1.807) is 11.0 Å². The van der Waals surface area contributed by atoms with Crippen LogP contribution in [-0.2, 0) is 16.1 Å². The third-order valence-corrected chi connectivity index (χ3v) is 5.19. The van der Waals surface area contributed by atoms with Crippen molar-refractivity contribution in [2.45, 2.75) is 44.5 Å². The first kappa shape index (κ1) is 17.8. The van der Waals surface area contributed by atoms with Crippen molar-refractivity contribution < 1.29 is 23.8 Å². The van der Waals surface area contributed by atoms with Crippen molar-refractivity contribution in [1.82, 2.24) is 4.90 Å². The lowest BCUT2D eigenvalue weighted by molar-refractivity contribution is -0.130. The molecule has 25 heavy (non-hydrogen) atoms. The first-order chi connectivity index (χ1) is 12.0. The summed E-state index contributed by atoms with van der Waals surface area (Å²) in [5.41, 5.74) is 5.75. The van der Waals surface area contributed by atoms with Crippen molar-refractivity contribution in [2.24, 2.45) is 11.7 Å². The fraction of sp³-hybridized carbons (Fsp3) is 0.556. The van der Waals surface area contributed by atoms with Crippen LogP contribution in [0.25, 0.3) is 0 Å². The van der Waals surface area contributed by atoms with Crippen LogP contribution in [0.1, 0.15) is 41.6 Å². The first-order valence-electron chi connectivity index (χ1n) is 8.63. The number of aliphatic hydroxyl groups is 1. The van der Waals surface area contributed by atoms with Crippen molar-refractivity contribution >= 4 is 11.8 Å². The largest absolute Gasteiger partial charge is 0.392 e. The van der Waals surface area contributed by atoms with E-state index in [0.717, 1.165) is 19.3 Å². The molecule has 6 nitrogen and oxygen atoms in total. The van der Waals surface area contributed by atoms with Gasteiger partial charge in [-0.05, 0) is 43.7 Å². The number of halogens is 1. The fourth-order valence-corrected chi connectivity index (χ4v) is 3.68. The summed E-state index contributed by atoms with van der Waals surface area (Å²) in [5.74, 6) is -0.880. The highest BCUT2D eigenvalue weighted by Gasteiger charge is 2.36. The number of likely N-dealkylation sites (tertiary alicyclic amines) is 1. The number of nitrogens with zero attached hydrogens (tertiary/aromatic N) is 1. The van der Waals surface area contributed by atoms with Crippen molar-refractivity contribution in [3.8, 4) is 0 Å². The number of hydrogen-bond acceptors (Lipinski definition) is 4. The molecule has 3 N–H and O–H groups in total. The molecule has 1 aromatic rings. The summed E-state index contributed by atoms with van der Waals surface area (Å²) >= 11 is 0. The molecule has 0 aromatic heterocycles. The van der Waals surface area contributed by atoms with Crippen LogP contribution in [0, 0.1) is 11.7 Å². The lowest BCUT2D eigenvalue weighted by atomic mass is 9.89. The topological polar surface area (TPSA) is 92.9 Å². The van der Waals surface area contributed by atoms with Crippen molar-refractivity contribution in [2.75, 3.05) is 13.1 Å². The zero-order valence-electron chi connectivity index (χ0n) is 14.0. The van der Waals surface area contributed by atoms with E-state index in [9.17, 15) is 14.0 Å². The van der Waals surface area contributed by atoms with Gasteiger partial charge in [-0.1, -0.05) is 6.07 Å². The molecular weight excluding hydrogens is 327 g/mol. The molecule has 136 valence electrons. The van der Waals surface area contributed by atoms with Gasteiger partial charge in [0.25, 0.3) is 5.91 Å². The summed E-state index contributed by atoms with van der Waals surface area (Å²) in [7, 11) is 0. The van der Waals surface area contributed by atoms with E-state index in [4.69, 9.17) is 15.6 Å². The van der Waals surface area contributed by atoms with Crippen molar-refractivity contribution in [3.05, 3.63) is 35.1 Å². The number of carbonyl (C=O) groups is 2. The van der Waals surface area contributed by atoms with Crippen LogP contribution < -0.4 is 5.73 Å². The zero-order valence-corrected chi connectivity index (χ0v) is 14.0. The highest BCUT2D eigenvalue weighted by Crippen LogP contribution is 2.32. The van der Waals surface area contributed by atoms with Gasteiger partial charge in [0.05, 0.1) is 12.7 Å². The van der Waals surface area contributed by atoms with E-state index in [0.29, 0.717) is 31.0 Å². The second-order valence-corrected chi connectivity index (χ2v) is 6.74. The van der Waals surface area contributed by atoms with E-state index in [2.05, 4.69) is 0 Å². The summed E-state index contributed by atoms with van der Waals surface area (Å²) in [4.78, 5) is 25.4. The minimum Gasteiger partial charge on any atom is -0.392 e. The van der Waals surface area contributed by atoms with Gasteiger partial charge in [0.15, 0.2) is 0 Å². The molecule has 2 heterocycles. The van der Waals surface area contributed by atoms with Gasteiger partial charge in [-0.3, -0.25) is 9.59 Å². The third-order valence-electron chi connectivity index (χ3n) is 5.19. The molecule has 0 bridgehead atoms. The Morgan fingerprint density at radius 3 is 2.52 bits per heavy atom. The van der Waals surface area contributed by atoms with Gasteiger partial charge in [-0.2, -0.15) is 0 Å². The molecule has 0 saturated carbocycles. The van der Waals surface area contributed by atoms with Crippen LogP contribution in [0.2, 0.25) is 0 Å². The predicted molar refractivity (Wildman–Crippen MR) is 88.0 cm³/mol. The van der Waals surface area contributed by atoms with Gasteiger partial charge in [-0.25, -0.2) is 4.39 Å². The summed E-state index contributed by atoms with van der Waals surface area (Å²) in [6.45, 7) is 0.765. The molecule has 2 saturated heterocycles. The monoisotopic (exact) mass is 350 g/mol. The standard InChI is InChI=1S/C18H23FN2O4/c19-14-9-12(1-2-13(14)10-22)18(24)21-7-5-11(6-8-21)15-3-4-16(25-15)17(20)23/h1-2,9,11,15-16,22H,3-8,10H2,(H2,20,23)/t15-,16+/m0/s1. The summed E-state index contributed by atoms with van der Waals surface area (Å²) < 4.78 is 19.5. The molecule has 2 amide bonds. The van der Waals surface area contributed by atoms with Gasteiger partial charge in [0, 0.05) is 24.2 Å². The molecule has 2 aliphatic rings. The molecule has 0 spiro atoms. The molecule has 0 radical (unpaired) electrons. The van der Waals surface area contributed by atoms with Gasteiger partial charge in [0.2, 0.25) is 5.91 Å². The molecule has 3 rings (SSSR count). The Hall–Kier alpha value is -1.99. The van der Waals surface area contributed by atoms with Crippen molar-refractivity contribution in [3.63, 3.8) is 0 Å². The first-order valence-corrected chi connectivity index (χ1v) is 8.63. The Kier molecular flexibility index (Phi) is 5.34. The number of carbonyl (C=O) groups excluding carboxylic acids is 2. The fourth-order valence-electron chi connectivity index (χ4n) is 3.68. The summed E-state index contributed by atoms with van der Waals surface area (Å²) in [5, 5.41) is 9.01. The van der Waals surface area contributed by atoms with Crippen LogP contribution >= 0.6 is 0 Å². The lowest BCUT2D eigenvalue weighted by Gasteiger charge is -2.34. The normalized spacial score (nSPS) is 24.5. The van der Waals surface area contributed by atoms with Gasteiger partial charge in [0.1, 0.15) is 11.9 Å². The maximum absolute atomic E-state index is 13.8. The van der Waals surface area contributed by atoms with Crippen LogP contribution in [0.15, 0.2) is 18.2 Å². The minimum atomic E-state index is -0.569. The number of ether oxygens (including phenoxy) is 1. The SMILES string of the molecule is NC(=O)[C@H]1CC[C@@H](C2CCN(C(=O)c3ccc(CO)c(F)c3)CC2)O1. The number of aliphatic hydroxyl groups excluding tert-OH is 1. The number of benzene rings is 1. The summed E-state index contributed by atoms with van der Waals surface area (Å²) in [6, 6.07) is 4.16. The third kappa shape index (κ3) is 3.82. The average Bonchev–Trinajstić information content (AvgIpc) is 3.11. The van der Waals surface area contributed by atoms with E-state index in [1.807, 2.05) is 0 Å². The Balaban J connectivity index is 1.56. The maximum Gasteiger partial charge on any atom is 0.253 e. The van der Waals surface area contributed by atoms with E-state index in [-0.39, 0.29) is 24.2 Å². The smallest absolute Gasteiger partial charge is 0.253 e.